The Morgan fingerprint density at radius 1 is 1.17 bits per heavy atom. The van der Waals surface area contributed by atoms with Crippen LogP contribution in [-0.4, -0.2) is 39.7 Å². The Kier molecular flexibility index (Phi) is 6.89. The van der Waals surface area contributed by atoms with Crippen LogP contribution in [0.15, 0.2) is 46.9 Å². The Bertz CT molecular complexity index is 1000. The summed E-state index contributed by atoms with van der Waals surface area (Å²) in [5.74, 6) is -2.98. The second-order valence-electron chi connectivity index (χ2n) is 7.17. The molecule has 1 aliphatic rings. The first-order valence-electron chi connectivity index (χ1n) is 9.13. The van der Waals surface area contributed by atoms with E-state index < -0.39 is 33.1 Å². The van der Waals surface area contributed by atoms with Gasteiger partial charge < -0.3 is 10.2 Å². The summed E-state index contributed by atoms with van der Waals surface area (Å²) in [5, 5.41) is 2.68. The van der Waals surface area contributed by atoms with E-state index in [1.165, 1.54) is 6.07 Å². The monoisotopic (exact) mass is 486 g/mol. The van der Waals surface area contributed by atoms with Gasteiger partial charge in [-0.2, -0.15) is 0 Å². The smallest absolute Gasteiger partial charge is 0.235 e. The molecule has 0 aromatic heterocycles. The number of amides is 1. The number of carbonyl (C=O) groups is 1. The zero-order valence-electron chi connectivity index (χ0n) is 15.6. The molecule has 1 unspecified atom stereocenters. The molecule has 1 fully saturated rings. The molecule has 1 N–H and O–H groups in total. The maximum absolute atomic E-state index is 13.4. The molecule has 0 spiro atoms. The minimum absolute atomic E-state index is 0.111. The molecular formula is C20H21BrF2N2O3S. The van der Waals surface area contributed by atoms with Gasteiger partial charge in [0.25, 0.3) is 0 Å². The summed E-state index contributed by atoms with van der Waals surface area (Å²) in [4.78, 5) is 14.0. The molecule has 2 aromatic rings. The summed E-state index contributed by atoms with van der Waals surface area (Å²) < 4.78 is 51.8. The number of rotatable bonds is 7. The molecule has 0 aliphatic carbocycles. The molecule has 0 saturated carbocycles. The maximum atomic E-state index is 13.4. The van der Waals surface area contributed by atoms with Crippen LogP contribution in [0.5, 0.6) is 0 Å². The zero-order chi connectivity index (χ0) is 21.0. The van der Waals surface area contributed by atoms with Crippen molar-refractivity contribution in [2.24, 2.45) is 5.92 Å². The first kappa shape index (κ1) is 21.7. The number of benzene rings is 2. The highest BCUT2D eigenvalue weighted by atomic mass is 79.9. The van der Waals surface area contributed by atoms with Crippen LogP contribution in [-0.2, 0) is 20.4 Å². The highest BCUT2D eigenvalue weighted by Crippen LogP contribution is 2.25. The summed E-state index contributed by atoms with van der Waals surface area (Å²) in [6.45, 7) is 1.58. The summed E-state index contributed by atoms with van der Waals surface area (Å²) in [5.41, 5.74) is 1.21. The van der Waals surface area contributed by atoms with E-state index in [0.29, 0.717) is 30.9 Å². The SMILES string of the molecule is O=C(CS(=O)(=O)Cc1cccc(Br)c1)NCC1CCN(c2ccc(F)c(F)c2)C1. The number of halogens is 3. The van der Waals surface area contributed by atoms with E-state index in [9.17, 15) is 22.0 Å². The molecule has 1 atom stereocenters. The molecule has 1 saturated heterocycles. The average Bonchev–Trinajstić information content (AvgIpc) is 3.10. The quantitative estimate of drug-likeness (QED) is 0.651. The second-order valence-corrected chi connectivity index (χ2v) is 10.1. The minimum Gasteiger partial charge on any atom is -0.371 e. The van der Waals surface area contributed by atoms with Crippen molar-refractivity contribution in [2.75, 3.05) is 30.3 Å². The first-order valence-corrected chi connectivity index (χ1v) is 11.7. The van der Waals surface area contributed by atoms with Crippen LogP contribution in [0.3, 0.4) is 0 Å². The van der Waals surface area contributed by atoms with Crippen LogP contribution in [0.2, 0.25) is 0 Å². The van der Waals surface area contributed by atoms with Crippen molar-refractivity contribution in [3.8, 4) is 0 Å². The van der Waals surface area contributed by atoms with E-state index in [-0.39, 0.29) is 11.7 Å². The Morgan fingerprint density at radius 2 is 1.97 bits per heavy atom. The number of nitrogens with zero attached hydrogens (tertiary/aromatic N) is 1. The fourth-order valence-corrected chi connectivity index (χ4v) is 5.09. The topological polar surface area (TPSA) is 66.5 Å². The van der Waals surface area contributed by atoms with Crippen LogP contribution in [0.25, 0.3) is 0 Å². The van der Waals surface area contributed by atoms with Crippen molar-refractivity contribution in [2.45, 2.75) is 12.2 Å². The van der Waals surface area contributed by atoms with Crippen molar-refractivity contribution in [3.63, 3.8) is 0 Å². The molecule has 3 rings (SSSR count). The number of nitrogens with one attached hydrogen (secondary N) is 1. The lowest BCUT2D eigenvalue weighted by Crippen LogP contribution is -2.35. The lowest BCUT2D eigenvalue weighted by Gasteiger charge is -2.19. The fraction of sp³-hybridized carbons (Fsp3) is 0.350. The molecule has 29 heavy (non-hydrogen) atoms. The lowest BCUT2D eigenvalue weighted by molar-refractivity contribution is -0.118. The van der Waals surface area contributed by atoms with E-state index in [1.54, 1.807) is 24.3 Å². The number of anilines is 1. The van der Waals surface area contributed by atoms with Gasteiger partial charge in [0.15, 0.2) is 21.5 Å². The van der Waals surface area contributed by atoms with E-state index in [1.807, 2.05) is 4.90 Å². The molecule has 9 heteroatoms. The third-order valence-corrected chi connectivity index (χ3v) is 6.74. The van der Waals surface area contributed by atoms with Gasteiger partial charge in [-0.05, 0) is 42.2 Å². The van der Waals surface area contributed by atoms with Crippen LogP contribution in [0.1, 0.15) is 12.0 Å². The Hall–Kier alpha value is -2.00. The van der Waals surface area contributed by atoms with Gasteiger partial charge in [-0.3, -0.25) is 4.79 Å². The molecule has 2 aromatic carbocycles. The number of hydrogen-bond donors (Lipinski definition) is 1. The predicted molar refractivity (Wildman–Crippen MR) is 111 cm³/mol. The minimum atomic E-state index is -3.58. The summed E-state index contributed by atoms with van der Waals surface area (Å²) in [6.07, 6.45) is 0.768. The third kappa shape index (κ3) is 6.24. The Morgan fingerprint density at radius 3 is 2.69 bits per heavy atom. The molecule has 1 aliphatic heterocycles. The van der Waals surface area contributed by atoms with E-state index >= 15 is 0 Å². The largest absolute Gasteiger partial charge is 0.371 e. The van der Waals surface area contributed by atoms with Gasteiger partial charge in [-0.25, -0.2) is 17.2 Å². The van der Waals surface area contributed by atoms with Crippen molar-refractivity contribution < 1.29 is 22.0 Å². The van der Waals surface area contributed by atoms with Gasteiger partial charge in [0.2, 0.25) is 5.91 Å². The van der Waals surface area contributed by atoms with Crippen molar-refractivity contribution in [1.29, 1.82) is 0 Å². The van der Waals surface area contributed by atoms with Crippen molar-refractivity contribution in [1.82, 2.24) is 5.32 Å². The molecule has 1 heterocycles. The van der Waals surface area contributed by atoms with Crippen LogP contribution >= 0.6 is 15.9 Å². The molecule has 0 bridgehead atoms. The van der Waals surface area contributed by atoms with Crippen LogP contribution in [0.4, 0.5) is 14.5 Å². The molecular weight excluding hydrogens is 466 g/mol. The van der Waals surface area contributed by atoms with E-state index in [0.717, 1.165) is 23.0 Å². The van der Waals surface area contributed by atoms with E-state index in [2.05, 4.69) is 21.2 Å². The highest BCUT2D eigenvalue weighted by molar-refractivity contribution is 9.10. The highest BCUT2D eigenvalue weighted by Gasteiger charge is 2.25. The molecule has 5 nitrogen and oxygen atoms in total. The van der Waals surface area contributed by atoms with E-state index in [4.69, 9.17) is 0 Å². The normalized spacial score (nSPS) is 16.8. The molecule has 1 amide bonds. The number of sulfone groups is 1. The van der Waals surface area contributed by atoms with Crippen LogP contribution < -0.4 is 10.2 Å². The van der Waals surface area contributed by atoms with Gasteiger partial charge in [-0.1, -0.05) is 28.1 Å². The molecule has 156 valence electrons. The summed E-state index contributed by atoms with van der Waals surface area (Å²) in [7, 11) is -3.58. The number of hydrogen-bond acceptors (Lipinski definition) is 4. The lowest BCUT2D eigenvalue weighted by atomic mass is 10.1. The third-order valence-electron chi connectivity index (χ3n) is 4.77. The fourth-order valence-electron chi connectivity index (χ4n) is 3.36. The standard InChI is InChI=1S/C20H21BrF2N2O3S/c21-16-3-1-2-14(8-16)12-29(27,28)13-20(26)24-10-15-6-7-25(11-15)17-4-5-18(22)19(23)9-17/h1-5,8-9,15H,6-7,10-13H2,(H,24,26). The first-order chi connectivity index (χ1) is 13.7. The van der Waals surface area contributed by atoms with Gasteiger partial charge in [0.1, 0.15) is 5.75 Å². The maximum Gasteiger partial charge on any atom is 0.235 e. The predicted octanol–water partition coefficient (Wildman–Crippen LogP) is 3.28. The van der Waals surface area contributed by atoms with Crippen molar-refractivity contribution >= 4 is 37.4 Å². The number of carbonyl (C=O) groups excluding carboxylic acids is 1. The van der Waals surface area contributed by atoms with Crippen LogP contribution in [0, 0.1) is 17.6 Å². The Labute approximate surface area is 177 Å². The second kappa shape index (κ2) is 9.21. The molecule has 0 radical (unpaired) electrons. The Balaban J connectivity index is 1.47. The van der Waals surface area contributed by atoms with Gasteiger partial charge in [0, 0.05) is 35.9 Å². The van der Waals surface area contributed by atoms with Gasteiger partial charge in [0.05, 0.1) is 5.75 Å². The van der Waals surface area contributed by atoms with Crippen molar-refractivity contribution in [3.05, 3.63) is 64.1 Å². The average molecular weight is 487 g/mol. The zero-order valence-corrected chi connectivity index (χ0v) is 18.0. The summed E-state index contributed by atoms with van der Waals surface area (Å²) >= 11 is 3.29. The van der Waals surface area contributed by atoms with Gasteiger partial charge in [-0.15, -0.1) is 0 Å². The van der Waals surface area contributed by atoms with Gasteiger partial charge >= 0.3 is 0 Å². The summed E-state index contributed by atoms with van der Waals surface area (Å²) in [6, 6.07) is 10.7.